The van der Waals surface area contributed by atoms with Crippen molar-refractivity contribution in [3.63, 3.8) is 0 Å². The van der Waals surface area contributed by atoms with Crippen LogP contribution in [0.15, 0.2) is 59.9 Å². The third-order valence-corrected chi connectivity index (χ3v) is 17.6. The maximum atomic E-state index is 14.8. The van der Waals surface area contributed by atoms with E-state index >= 15 is 0 Å². The van der Waals surface area contributed by atoms with E-state index in [4.69, 9.17) is 34.4 Å². The third-order valence-electron chi connectivity index (χ3n) is 17.6. The number of carbonyl (C=O) groups is 18. The van der Waals surface area contributed by atoms with Crippen molar-refractivity contribution in [2.24, 2.45) is 45.3 Å². The lowest BCUT2D eigenvalue weighted by atomic mass is 10.00. The van der Waals surface area contributed by atoms with E-state index in [-0.39, 0.29) is 64.0 Å². The molecule has 0 saturated heterocycles. The van der Waals surface area contributed by atoms with Gasteiger partial charge in [0.25, 0.3) is 0 Å². The molecule has 30 N–H and O–H groups in total. The minimum Gasteiger partial charge on any atom is -0.481 e. The van der Waals surface area contributed by atoms with Crippen LogP contribution in [0.25, 0.3) is 0 Å². The number of aliphatic imine (C=N–C) groups is 1. The number of aliphatic carboxylic acids is 4. The summed E-state index contributed by atoms with van der Waals surface area (Å²) in [6.07, 6.45) is -3.13. The van der Waals surface area contributed by atoms with Crippen molar-refractivity contribution in [1.29, 1.82) is 0 Å². The molecule has 0 radical (unpaired) electrons. The molecule has 116 heavy (non-hydrogen) atoms. The van der Waals surface area contributed by atoms with E-state index in [1.54, 1.807) is 30.3 Å². The van der Waals surface area contributed by atoms with Gasteiger partial charge in [-0.2, -0.15) is 0 Å². The molecule has 0 aliphatic rings. The summed E-state index contributed by atoms with van der Waals surface area (Å²) in [5.74, 6) is -21.9. The summed E-state index contributed by atoms with van der Waals surface area (Å²) in [4.78, 5) is 249. The summed E-state index contributed by atoms with van der Waals surface area (Å²) >= 11 is 0. The second-order valence-electron chi connectivity index (χ2n) is 27.8. The zero-order valence-electron chi connectivity index (χ0n) is 65.5. The highest BCUT2D eigenvalue weighted by Crippen LogP contribution is 2.14. The van der Waals surface area contributed by atoms with Gasteiger partial charge in [0.15, 0.2) is 5.96 Å². The SMILES string of the molecule is CC(C)[C@H](NC(=O)[C@H](Cc1cccnc1)NC(=O)[C@H](CCC(N)=O)NC(=O)[C@H](CCCN=C(N)N)NC(=O)[C@H](CCC(=O)O)NC(=O)[C@H](Cc1ccccc1)NC(=O)[C@H](CCCCN)NC(=O)[C@H](C)NC(=O)[C@H](C)NC(=O)[C@H](C)NC(=O)[C@@H](NC(=O)[C@H](CCC(=O)O)NC(=O)[C@@H](N)CCCCN)[C@@H](C)O)C(=O)N[C@@H](CC(=O)O)C(=O)O. The molecule has 2 aromatic rings. The lowest BCUT2D eigenvalue weighted by Gasteiger charge is -2.29. The summed E-state index contributed by atoms with van der Waals surface area (Å²) < 4.78 is 0. The molecule has 0 aliphatic heterocycles. The van der Waals surface area contributed by atoms with Gasteiger partial charge in [-0.25, -0.2) is 4.79 Å². The van der Waals surface area contributed by atoms with E-state index in [0.717, 1.165) is 6.92 Å². The van der Waals surface area contributed by atoms with Crippen molar-refractivity contribution in [2.45, 2.75) is 241 Å². The molecular weight excluding hydrogens is 1530 g/mol. The number of hydrogen-bond acceptors (Lipinski definition) is 24. The number of nitrogens with two attached hydrogens (primary N) is 6. The predicted octanol–water partition coefficient (Wildman–Crippen LogP) is -7.54. The standard InChI is InChI=1S/C72H113N21O23/c1-36(2)56(69(113)91-51(71(115)116)34-55(100)101)92-68(112)50(33-42-18-14-30-79-35-42)90-65(109)46(22-25-52(76)95)87-62(106)45(21-15-31-80-72(77)78)86-64(108)47(23-26-53(96)97)88-67(111)49(32-41-16-8-7-9-17-41)89-63(107)44(20-11-13-29-74)84-60(104)39(5)82-58(102)37(3)81-59(103)38(4)83-70(114)57(40(6)94)93-66(110)48(24-27-54(98)99)85-61(105)43(75)19-10-12-28-73/h7-9,14,16-18,30,35-40,43-51,56-57,94H,10-13,15,19-29,31-34,73-75H2,1-6H3,(H2,76,95)(H,81,103)(H,82,102)(H,83,114)(H,84,104)(H,85,105)(H,86,108)(H,87,106)(H,88,111)(H,89,107)(H,90,109)(H,91,113)(H,92,112)(H,93,110)(H,96,97)(H,98,99)(H,100,101)(H,115,116)(H4,77,78,80)/t37-,38-,39-,40+,43-,44-,45-,46-,47-,48-,49-,50-,51-,56-,57-/m0/s1. The fourth-order valence-corrected chi connectivity index (χ4v) is 11.0. The topological polar surface area (TPSA) is 746 Å². The van der Waals surface area contributed by atoms with Crippen LogP contribution in [0.2, 0.25) is 0 Å². The fraction of sp³-hybridized carbons (Fsp3) is 0.583. The fourth-order valence-electron chi connectivity index (χ4n) is 11.0. The number of carbonyl (C=O) groups excluding carboxylic acids is 14. The number of primary amides is 1. The molecule has 0 spiro atoms. The van der Waals surface area contributed by atoms with Crippen LogP contribution in [0.4, 0.5) is 0 Å². The average Bonchev–Trinajstić information content (AvgIpc) is 0.852. The van der Waals surface area contributed by atoms with Gasteiger partial charge < -0.3 is 129 Å². The van der Waals surface area contributed by atoms with Gasteiger partial charge in [0.1, 0.15) is 78.5 Å². The molecule has 0 aliphatic carbocycles. The van der Waals surface area contributed by atoms with Crippen LogP contribution in [0, 0.1) is 5.92 Å². The number of hydrogen-bond donors (Lipinski definition) is 24. The Kier molecular flexibility index (Phi) is 45.1. The highest BCUT2D eigenvalue weighted by molar-refractivity contribution is 6.01. The average molecular weight is 1640 g/mol. The molecule has 0 fully saturated rings. The molecule has 1 aromatic heterocycles. The molecule has 644 valence electrons. The molecule has 1 heterocycles. The number of carboxylic acid groups (broad SMARTS) is 4. The first-order valence-corrected chi connectivity index (χ1v) is 37.5. The van der Waals surface area contributed by atoms with Crippen LogP contribution in [0.1, 0.15) is 149 Å². The Morgan fingerprint density at radius 1 is 0.388 bits per heavy atom. The highest BCUT2D eigenvalue weighted by atomic mass is 16.4. The number of rotatable bonds is 56. The lowest BCUT2D eigenvalue weighted by Crippen LogP contribution is -2.61. The van der Waals surface area contributed by atoms with Crippen molar-refractivity contribution < 1.29 is 112 Å². The molecule has 15 atom stereocenters. The highest BCUT2D eigenvalue weighted by Gasteiger charge is 2.39. The largest absolute Gasteiger partial charge is 0.481 e. The Labute approximate surface area is 668 Å². The smallest absolute Gasteiger partial charge is 0.326 e. The second-order valence-corrected chi connectivity index (χ2v) is 27.8. The van der Waals surface area contributed by atoms with E-state index in [2.05, 4.69) is 79.1 Å². The number of amides is 14. The van der Waals surface area contributed by atoms with Crippen molar-refractivity contribution in [1.82, 2.24) is 74.1 Å². The molecule has 44 heteroatoms. The molecule has 1 aromatic carbocycles. The Morgan fingerprint density at radius 3 is 1.19 bits per heavy atom. The zero-order chi connectivity index (χ0) is 87.5. The molecule has 2 rings (SSSR count). The molecule has 0 bridgehead atoms. The van der Waals surface area contributed by atoms with Gasteiger partial charge in [-0.1, -0.05) is 56.7 Å². The first-order valence-electron chi connectivity index (χ1n) is 37.5. The number of nitrogens with zero attached hydrogens (tertiary/aromatic N) is 2. The van der Waals surface area contributed by atoms with Gasteiger partial charge in [-0.3, -0.25) is 91.5 Å². The summed E-state index contributed by atoms with van der Waals surface area (Å²) in [5.41, 5.74) is 34.6. The van der Waals surface area contributed by atoms with E-state index in [1.807, 2.05) is 0 Å². The minimum absolute atomic E-state index is 0.0942. The number of unbranched alkanes of at least 4 members (excludes halogenated alkanes) is 2. The number of guanidine groups is 1. The number of pyridine rings is 1. The molecular formula is C72H113N21O23. The van der Waals surface area contributed by atoms with Gasteiger partial charge in [-0.05, 0) is 128 Å². The maximum absolute atomic E-state index is 14.8. The van der Waals surface area contributed by atoms with Crippen LogP contribution in [0.3, 0.4) is 0 Å². The first-order chi connectivity index (χ1) is 54.6. The van der Waals surface area contributed by atoms with Crippen LogP contribution >= 0.6 is 0 Å². The van der Waals surface area contributed by atoms with Crippen LogP contribution in [-0.4, -0.2) is 253 Å². The number of aliphatic hydroxyl groups excluding tert-OH is 1. The van der Waals surface area contributed by atoms with Crippen molar-refractivity contribution in [3.8, 4) is 0 Å². The number of aliphatic hydroxyl groups is 1. The van der Waals surface area contributed by atoms with Crippen molar-refractivity contribution in [3.05, 3.63) is 66.0 Å². The van der Waals surface area contributed by atoms with Gasteiger partial charge in [-0.15, -0.1) is 0 Å². The maximum Gasteiger partial charge on any atom is 0.326 e. The Morgan fingerprint density at radius 2 is 0.759 bits per heavy atom. The summed E-state index contributed by atoms with van der Waals surface area (Å²) in [5, 5.41) is 79.9. The molecule has 0 saturated carbocycles. The van der Waals surface area contributed by atoms with Crippen LogP contribution in [0.5, 0.6) is 0 Å². The van der Waals surface area contributed by atoms with E-state index < -0.39 is 248 Å². The van der Waals surface area contributed by atoms with Crippen molar-refractivity contribution in [2.75, 3.05) is 19.6 Å². The lowest BCUT2D eigenvalue weighted by molar-refractivity contribution is -0.147. The minimum atomic E-state index is -1.92. The number of nitrogens with one attached hydrogen (secondary N) is 13. The quantitative estimate of drug-likeness (QED) is 0.0166. The van der Waals surface area contributed by atoms with E-state index in [0.29, 0.717) is 36.9 Å². The molecule has 0 unspecified atom stereocenters. The molecule has 44 nitrogen and oxygen atoms in total. The predicted molar refractivity (Wildman–Crippen MR) is 412 cm³/mol. The van der Waals surface area contributed by atoms with Gasteiger partial charge >= 0.3 is 23.9 Å². The van der Waals surface area contributed by atoms with Gasteiger partial charge in [0.2, 0.25) is 82.7 Å². The monoisotopic (exact) mass is 1640 g/mol. The number of carboxylic acids is 4. The Balaban J connectivity index is 2.50. The number of aromatic nitrogens is 1. The normalized spacial score (nSPS) is 14.9. The number of benzene rings is 1. The van der Waals surface area contributed by atoms with E-state index in [1.165, 1.54) is 59.1 Å². The van der Waals surface area contributed by atoms with Crippen molar-refractivity contribution >= 4 is 113 Å². The van der Waals surface area contributed by atoms with E-state index in [9.17, 15) is 112 Å². The summed E-state index contributed by atoms with van der Waals surface area (Å²) in [6, 6.07) is -11.4. The first kappa shape index (κ1) is 100. The third kappa shape index (κ3) is 38.6. The molecule has 14 amide bonds. The van der Waals surface area contributed by atoms with Crippen LogP contribution < -0.4 is 104 Å². The summed E-state index contributed by atoms with van der Waals surface area (Å²) in [6.45, 7) is 7.98. The Bertz CT molecular complexity index is 3700. The zero-order valence-corrected chi connectivity index (χ0v) is 65.5. The summed E-state index contributed by atoms with van der Waals surface area (Å²) in [7, 11) is 0. The van der Waals surface area contributed by atoms with Gasteiger partial charge in [0.05, 0.1) is 18.6 Å². The Hall–Kier alpha value is -12.1. The second kappa shape index (κ2) is 52.4. The van der Waals surface area contributed by atoms with Gasteiger partial charge in [0, 0.05) is 51.0 Å². The van der Waals surface area contributed by atoms with Crippen LogP contribution in [-0.2, 0) is 99.1 Å².